The first-order valence-electron chi connectivity index (χ1n) is 4.31. The average Bonchev–Trinajstić information content (AvgIpc) is 2.64. The van der Waals surface area contributed by atoms with Crippen LogP contribution in [0.2, 0.25) is 0 Å². The fourth-order valence-electron chi connectivity index (χ4n) is 1.30. The van der Waals surface area contributed by atoms with Gasteiger partial charge in [0.25, 0.3) is 0 Å². The third kappa shape index (κ3) is 2.04. The van der Waals surface area contributed by atoms with Gasteiger partial charge >= 0.3 is 0 Å². The number of nitrogen functional groups attached to an aromatic ring is 1. The maximum atomic E-state index is 10.1. The van der Waals surface area contributed by atoms with E-state index in [0.29, 0.717) is 11.4 Å². The van der Waals surface area contributed by atoms with E-state index in [1.807, 2.05) is 11.4 Å². The molecule has 2 aromatic rings. The Morgan fingerprint density at radius 2 is 2.27 bits per heavy atom. The van der Waals surface area contributed by atoms with Crippen LogP contribution in [0.25, 0.3) is 0 Å². The molecule has 0 radical (unpaired) electrons. The Morgan fingerprint density at radius 3 is 2.87 bits per heavy atom. The molecule has 3 N–H and O–H groups in total. The summed E-state index contributed by atoms with van der Waals surface area (Å²) in [7, 11) is 0. The molecule has 0 aromatic carbocycles. The summed E-state index contributed by atoms with van der Waals surface area (Å²) in [6.07, 6.45) is 0.891. The van der Waals surface area contributed by atoms with Gasteiger partial charge in [-0.15, -0.1) is 11.3 Å². The van der Waals surface area contributed by atoms with Crippen LogP contribution in [0.5, 0.6) is 0 Å². The topological polar surface area (TPSA) is 59.1 Å². The zero-order chi connectivity index (χ0) is 10.8. The van der Waals surface area contributed by atoms with Gasteiger partial charge in [-0.05, 0) is 33.4 Å². The highest BCUT2D eigenvalue weighted by atomic mass is 79.9. The first-order valence-corrected chi connectivity index (χ1v) is 5.98. The second kappa shape index (κ2) is 4.30. The third-order valence-corrected chi connectivity index (χ3v) is 3.98. The zero-order valence-electron chi connectivity index (χ0n) is 7.72. The van der Waals surface area contributed by atoms with Gasteiger partial charge in [0, 0.05) is 16.2 Å². The number of aliphatic hydroxyl groups excluding tert-OH is 1. The van der Waals surface area contributed by atoms with Gasteiger partial charge < -0.3 is 10.8 Å². The van der Waals surface area contributed by atoms with Crippen molar-refractivity contribution < 1.29 is 5.11 Å². The molecule has 0 bridgehead atoms. The highest BCUT2D eigenvalue weighted by Crippen LogP contribution is 2.34. The number of pyridine rings is 1. The summed E-state index contributed by atoms with van der Waals surface area (Å²) in [6, 6.07) is 5.44. The van der Waals surface area contributed by atoms with E-state index in [2.05, 4.69) is 20.9 Å². The van der Waals surface area contributed by atoms with Crippen molar-refractivity contribution in [2.24, 2.45) is 0 Å². The average molecular weight is 285 g/mol. The molecular weight excluding hydrogens is 276 g/mol. The molecule has 0 aliphatic carbocycles. The van der Waals surface area contributed by atoms with E-state index in [1.54, 1.807) is 18.3 Å². The van der Waals surface area contributed by atoms with Crippen molar-refractivity contribution in [3.63, 3.8) is 0 Å². The number of halogens is 1. The predicted octanol–water partition coefficient (Wildman–Crippen LogP) is 2.57. The summed E-state index contributed by atoms with van der Waals surface area (Å²) in [4.78, 5) is 4.79. The van der Waals surface area contributed by atoms with E-state index < -0.39 is 6.10 Å². The van der Waals surface area contributed by atoms with Crippen LogP contribution in [0.15, 0.2) is 34.2 Å². The van der Waals surface area contributed by atoms with E-state index in [-0.39, 0.29) is 0 Å². The summed E-state index contributed by atoms with van der Waals surface area (Å²) >= 11 is 4.86. The summed E-state index contributed by atoms with van der Waals surface area (Å²) in [5.41, 5.74) is 6.34. The standard InChI is InChI=1S/C10H9BrN2OS/c11-7-3-5-15-9(7)8(14)6-2-1-4-13-10(6)12/h1-5,8,14H,(H2,12,13). The molecule has 15 heavy (non-hydrogen) atoms. The van der Waals surface area contributed by atoms with Crippen LogP contribution in [0.4, 0.5) is 5.82 Å². The molecule has 0 aliphatic heterocycles. The Morgan fingerprint density at radius 1 is 1.47 bits per heavy atom. The molecule has 0 saturated carbocycles. The molecule has 0 aliphatic rings. The predicted molar refractivity (Wildman–Crippen MR) is 64.7 cm³/mol. The first kappa shape index (κ1) is 10.6. The number of rotatable bonds is 2. The van der Waals surface area contributed by atoms with E-state index in [4.69, 9.17) is 5.73 Å². The molecule has 5 heteroatoms. The Bertz CT molecular complexity index is 472. The van der Waals surface area contributed by atoms with E-state index in [9.17, 15) is 5.11 Å². The molecule has 1 atom stereocenters. The van der Waals surface area contributed by atoms with Crippen molar-refractivity contribution in [2.75, 3.05) is 5.73 Å². The second-order valence-corrected chi connectivity index (χ2v) is 4.82. The Hall–Kier alpha value is -0.910. The normalized spacial score (nSPS) is 12.7. The zero-order valence-corrected chi connectivity index (χ0v) is 10.1. The molecular formula is C10H9BrN2OS. The molecule has 1 unspecified atom stereocenters. The first-order chi connectivity index (χ1) is 7.20. The number of aromatic nitrogens is 1. The van der Waals surface area contributed by atoms with Crippen molar-refractivity contribution in [2.45, 2.75) is 6.10 Å². The van der Waals surface area contributed by atoms with Crippen LogP contribution in [-0.4, -0.2) is 10.1 Å². The number of thiophene rings is 1. The lowest BCUT2D eigenvalue weighted by molar-refractivity contribution is 0.224. The lowest BCUT2D eigenvalue weighted by atomic mass is 10.1. The number of nitrogens with two attached hydrogens (primary N) is 1. The van der Waals surface area contributed by atoms with Crippen molar-refractivity contribution in [1.29, 1.82) is 0 Å². The SMILES string of the molecule is Nc1ncccc1C(O)c1sccc1Br. The Labute approximate surface area is 99.7 Å². The Kier molecular flexibility index (Phi) is 3.04. The van der Waals surface area contributed by atoms with Gasteiger partial charge in [-0.3, -0.25) is 0 Å². The minimum absolute atomic E-state index is 0.366. The fourth-order valence-corrected chi connectivity index (χ4v) is 2.89. The van der Waals surface area contributed by atoms with Gasteiger partial charge in [0.15, 0.2) is 0 Å². The molecule has 0 amide bonds. The maximum Gasteiger partial charge on any atom is 0.129 e. The highest BCUT2D eigenvalue weighted by Gasteiger charge is 2.17. The second-order valence-electron chi connectivity index (χ2n) is 3.01. The summed E-state index contributed by atoms with van der Waals surface area (Å²) < 4.78 is 0.892. The summed E-state index contributed by atoms with van der Waals surface area (Å²) in [5, 5.41) is 12.0. The van der Waals surface area contributed by atoms with Gasteiger partial charge in [0.2, 0.25) is 0 Å². The van der Waals surface area contributed by atoms with Crippen LogP contribution >= 0.6 is 27.3 Å². The molecule has 0 spiro atoms. The summed E-state index contributed by atoms with van der Waals surface area (Å²) in [5.74, 6) is 0.366. The van der Waals surface area contributed by atoms with Crippen molar-refractivity contribution >= 4 is 33.1 Å². The number of hydrogen-bond donors (Lipinski definition) is 2. The van der Waals surface area contributed by atoms with Crippen LogP contribution in [0.1, 0.15) is 16.5 Å². The number of aliphatic hydroxyl groups is 1. The summed E-state index contributed by atoms with van der Waals surface area (Å²) in [6.45, 7) is 0. The lowest BCUT2D eigenvalue weighted by Crippen LogP contribution is -2.04. The van der Waals surface area contributed by atoms with Crippen LogP contribution in [-0.2, 0) is 0 Å². The molecule has 0 fully saturated rings. The third-order valence-electron chi connectivity index (χ3n) is 2.06. The quantitative estimate of drug-likeness (QED) is 0.891. The van der Waals surface area contributed by atoms with Crippen LogP contribution in [0, 0.1) is 0 Å². The van der Waals surface area contributed by atoms with Crippen LogP contribution < -0.4 is 5.73 Å². The number of nitrogens with zero attached hydrogens (tertiary/aromatic N) is 1. The van der Waals surface area contributed by atoms with Gasteiger partial charge in [0.1, 0.15) is 11.9 Å². The smallest absolute Gasteiger partial charge is 0.129 e. The van der Waals surface area contributed by atoms with Crippen molar-refractivity contribution in [3.05, 3.63) is 44.7 Å². The van der Waals surface area contributed by atoms with Gasteiger partial charge in [0.05, 0.1) is 4.88 Å². The van der Waals surface area contributed by atoms with E-state index in [0.717, 1.165) is 9.35 Å². The monoisotopic (exact) mass is 284 g/mol. The highest BCUT2D eigenvalue weighted by molar-refractivity contribution is 9.10. The number of hydrogen-bond acceptors (Lipinski definition) is 4. The van der Waals surface area contributed by atoms with Crippen molar-refractivity contribution in [1.82, 2.24) is 4.98 Å². The molecule has 3 nitrogen and oxygen atoms in total. The van der Waals surface area contributed by atoms with Crippen LogP contribution in [0.3, 0.4) is 0 Å². The van der Waals surface area contributed by atoms with Crippen molar-refractivity contribution in [3.8, 4) is 0 Å². The molecule has 78 valence electrons. The van der Waals surface area contributed by atoms with Gasteiger partial charge in [-0.25, -0.2) is 4.98 Å². The fraction of sp³-hybridized carbons (Fsp3) is 0.100. The largest absolute Gasteiger partial charge is 0.383 e. The maximum absolute atomic E-state index is 10.1. The molecule has 2 aromatic heterocycles. The Balaban J connectivity index is 2.41. The molecule has 2 heterocycles. The van der Waals surface area contributed by atoms with E-state index >= 15 is 0 Å². The molecule has 2 rings (SSSR count). The number of anilines is 1. The van der Waals surface area contributed by atoms with Gasteiger partial charge in [-0.1, -0.05) is 6.07 Å². The minimum atomic E-state index is -0.715. The minimum Gasteiger partial charge on any atom is -0.383 e. The van der Waals surface area contributed by atoms with Gasteiger partial charge in [-0.2, -0.15) is 0 Å². The lowest BCUT2D eigenvalue weighted by Gasteiger charge is -2.11. The van der Waals surface area contributed by atoms with E-state index in [1.165, 1.54) is 11.3 Å². The molecule has 0 saturated heterocycles.